The minimum atomic E-state index is -0.700. The van der Waals surface area contributed by atoms with Crippen LogP contribution in [0.3, 0.4) is 0 Å². The number of nitrogens with two attached hydrogens (primary N) is 1. The van der Waals surface area contributed by atoms with Gasteiger partial charge in [-0.25, -0.2) is 4.39 Å². The molecule has 0 unspecified atom stereocenters. The lowest BCUT2D eigenvalue weighted by Gasteiger charge is -2.13. The first kappa shape index (κ1) is 9.09. The van der Waals surface area contributed by atoms with Gasteiger partial charge in [0.1, 0.15) is 5.82 Å². The van der Waals surface area contributed by atoms with Crippen LogP contribution in [-0.4, -0.2) is 16.2 Å². The largest absolute Gasteiger partial charge is 0.391 e. The Morgan fingerprint density at radius 3 is 2.75 bits per heavy atom. The summed E-state index contributed by atoms with van der Waals surface area (Å²) >= 11 is 0. The number of nitrogens with zero attached hydrogens (tertiary/aromatic N) is 1. The molecule has 0 bridgehead atoms. The third-order valence-electron chi connectivity index (χ3n) is 1.63. The Hall–Kier alpha value is -1.00. The van der Waals surface area contributed by atoms with Crippen LogP contribution >= 0.6 is 0 Å². The van der Waals surface area contributed by atoms with E-state index >= 15 is 0 Å². The molecule has 1 aromatic heterocycles. The highest BCUT2D eigenvalue weighted by atomic mass is 19.1. The first-order valence-corrected chi connectivity index (χ1v) is 3.65. The normalized spacial score (nSPS) is 15.7. The Bertz CT molecular complexity index is 265. The van der Waals surface area contributed by atoms with Crippen LogP contribution in [0.25, 0.3) is 0 Å². The molecule has 0 radical (unpaired) electrons. The van der Waals surface area contributed by atoms with Gasteiger partial charge in [-0.05, 0) is 18.6 Å². The molecule has 0 spiro atoms. The van der Waals surface area contributed by atoms with Gasteiger partial charge in [-0.15, -0.1) is 0 Å². The van der Waals surface area contributed by atoms with E-state index < -0.39 is 18.0 Å². The van der Waals surface area contributed by atoms with Gasteiger partial charge in [0.25, 0.3) is 0 Å². The van der Waals surface area contributed by atoms with Crippen molar-refractivity contribution in [3.8, 4) is 0 Å². The Morgan fingerprint density at radius 2 is 2.25 bits per heavy atom. The van der Waals surface area contributed by atoms with Crippen LogP contribution in [-0.2, 0) is 0 Å². The van der Waals surface area contributed by atoms with Crippen LogP contribution in [0.4, 0.5) is 4.39 Å². The molecular weight excluding hydrogens is 159 g/mol. The minimum absolute atomic E-state index is 0.441. The lowest BCUT2D eigenvalue weighted by molar-refractivity contribution is 0.164. The van der Waals surface area contributed by atoms with Gasteiger partial charge in [-0.2, -0.15) is 0 Å². The molecule has 12 heavy (non-hydrogen) atoms. The van der Waals surface area contributed by atoms with E-state index in [1.807, 2.05) is 0 Å². The van der Waals surface area contributed by atoms with Gasteiger partial charge in [-0.1, -0.05) is 0 Å². The third kappa shape index (κ3) is 1.99. The molecule has 0 aliphatic carbocycles. The number of aliphatic hydroxyl groups excluding tert-OH is 1. The molecule has 3 N–H and O–H groups in total. The Labute approximate surface area is 70.0 Å². The summed E-state index contributed by atoms with van der Waals surface area (Å²) in [6, 6.07) is 0.692. The number of pyridine rings is 1. The van der Waals surface area contributed by atoms with Gasteiger partial charge in [0.2, 0.25) is 0 Å². The molecule has 4 heteroatoms. The van der Waals surface area contributed by atoms with Crippen molar-refractivity contribution in [2.24, 2.45) is 5.73 Å². The van der Waals surface area contributed by atoms with Crippen LogP contribution in [0.15, 0.2) is 18.5 Å². The quantitative estimate of drug-likeness (QED) is 0.683. The molecule has 1 heterocycles. The molecule has 3 nitrogen and oxygen atoms in total. The van der Waals surface area contributed by atoms with Crippen LogP contribution in [0.1, 0.15) is 18.5 Å². The second kappa shape index (κ2) is 3.60. The van der Waals surface area contributed by atoms with Crippen molar-refractivity contribution in [1.82, 2.24) is 4.98 Å². The van der Waals surface area contributed by atoms with Crippen molar-refractivity contribution in [3.63, 3.8) is 0 Å². The topological polar surface area (TPSA) is 59.1 Å². The summed E-state index contributed by atoms with van der Waals surface area (Å²) in [5.74, 6) is -0.441. The summed E-state index contributed by atoms with van der Waals surface area (Å²) in [7, 11) is 0. The monoisotopic (exact) mass is 170 g/mol. The number of hydrogen-bond donors (Lipinski definition) is 2. The lowest BCUT2D eigenvalue weighted by Crippen LogP contribution is -2.23. The van der Waals surface area contributed by atoms with E-state index in [1.165, 1.54) is 12.3 Å². The molecule has 0 aliphatic rings. The highest BCUT2D eigenvalue weighted by Gasteiger charge is 2.12. The van der Waals surface area contributed by atoms with Crippen molar-refractivity contribution in [2.75, 3.05) is 0 Å². The number of aromatic nitrogens is 1. The van der Waals surface area contributed by atoms with E-state index in [0.717, 1.165) is 6.20 Å². The van der Waals surface area contributed by atoms with Crippen molar-refractivity contribution >= 4 is 0 Å². The third-order valence-corrected chi connectivity index (χ3v) is 1.63. The van der Waals surface area contributed by atoms with Gasteiger partial charge >= 0.3 is 0 Å². The number of rotatable bonds is 2. The second-order valence-corrected chi connectivity index (χ2v) is 2.70. The van der Waals surface area contributed by atoms with Crippen LogP contribution in [0, 0.1) is 5.82 Å². The zero-order valence-corrected chi connectivity index (χ0v) is 6.74. The van der Waals surface area contributed by atoms with E-state index in [4.69, 9.17) is 10.8 Å². The first-order chi connectivity index (χ1) is 5.61. The highest BCUT2D eigenvalue weighted by molar-refractivity contribution is 5.15. The Morgan fingerprint density at radius 1 is 1.58 bits per heavy atom. The second-order valence-electron chi connectivity index (χ2n) is 2.70. The summed E-state index contributed by atoms with van der Waals surface area (Å²) < 4.78 is 12.6. The smallest absolute Gasteiger partial charge is 0.141 e. The molecule has 0 saturated heterocycles. The van der Waals surface area contributed by atoms with Crippen molar-refractivity contribution in [3.05, 3.63) is 29.8 Å². The van der Waals surface area contributed by atoms with Crippen LogP contribution < -0.4 is 5.73 Å². The highest BCUT2D eigenvalue weighted by Crippen LogP contribution is 2.13. The predicted molar refractivity (Wildman–Crippen MR) is 42.8 cm³/mol. The molecular formula is C8H11FN2O. The fraction of sp³-hybridized carbons (Fsp3) is 0.375. The Kier molecular flexibility index (Phi) is 2.73. The fourth-order valence-electron chi connectivity index (χ4n) is 0.889. The molecule has 0 aliphatic heterocycles. The summed E-state index contributed by atoms with van der Waals surface area (Å²) in [5.41, 5.74) is 6.05. The molecule has 0 amide bonds. The molecule has 66 valence electrons. The predicted octanol–water partition coefficient (Wildman–Crippen LogP) is 0.601. The van der Waals surface area contributed by atoms with Crippen molar-refractivity contribution < 1.29 is 9.50 Å². The number of hydrogen-bond acceptors (Lipinski definition) is 3. The SMILES string of the molecule is C[C@H](O)[C@@H](N)c1cncc(F)c1. The van der Waals surface area contributed by atoms with Crippen molar-refractivity contribution in [2.45, 2.75) is 19.1 Å². The van der Waals surface area contributed by atoms with Crippen LogP contribution in [0.2, 0.25) is 0 Å². The summed E-state index contributed by atoms with van der Waals surface area (Å²) in [6.07, 6.45) is 1.84. The lowest BCUT2D eigenvalue weighted by atomic mass is 10.1. The Balaban J connectivity index is 2.88. The zero-order chi connectivity index (χ0) is 9.14. The number of aliphatic hydroxyl groups is 1. The van der Waals surface area contributed by atoms with E-state index in [1.54, 1.807) is 6.92 Å². The van der Waals surface area contributed by atoms with Gasteiger partial charge in [0.05, 0.1) is 18.3 Å². The fourth-order valence-corrected chi connectivity index (χ4v) is 0.889. The summed E-state index contributed by atoms with van der Waals surface area (Å²) in [6.45, 7) is 1.55. The first-order valence-electron chi connectivity index (χ1n) is 3.65. The average Bonchev–Trinajstić information content (AvgIpc) is 2.03. The minimum Gasteiger partial charge on any atom is -0.391 e. The molecule has 1 rings (SSSR count). The molecule has 1 aromatic rings. The van der Waals surface area contributed by atoms with Gasteiger partial charge in [-0.3, -0.25) is 4.98 Å². The maximum atomic E-state index is 12.6. The summed E-state index contributed by atoms with van der Waals surface area (Å²) in [5, 5.41) is 9.09. The van der Waals surface area contributed by atoms with E-state index in [9.17, 15) is 4.39 Å². The van der Waals surface area contributed by atoms with Crippen molar-refractivity contribution in [1.29, 1.82) is 0 Å². The molecule has 2 atom stereocenters. The van der Waals surface area contributed by atoms with Gasteiger partial charge < -0.3 is 10.8 Å². The molecule has 0 aromatic carbocycles. The maximum Gasteiger partial charge on any atom is 0.141 e. The van der Waals surface area contributed by atoms with E-state index in [2.05, 4.69) is 4.98 Å². The zero-order valence-electron chi connectivity index (χ0n) is 6.74. The van der Waals surface area contributed by atoms with Crippen LogP contribution in [0.5, 0.6) is 0 Å². The maximum absolute atomic E-state index is 12.6. The number of halogens is 1. The molecule has 0 fully saturated rings. The van der Waals surface area contributed by atoms with E-state index in [0.29, 0.717) is 5.56 Å². The van der Waals surface area contributed by atoms with E-state index in [-0.39, 0.29) is 0 Å². The summed E-state index contributed by atoms with van der Waals surface area (Å²) in [4.78, 5) is 3.62. The average molecular weight is 170 g/mol. The van der Waals surface area contributed by atoms with Gasteiger partial charge in [0, 0.05) is 6.20 Å². The standard InChI is InChI=1S/C8H11FN2O/c1-5(12)8(10)6-2-7(9)4-11-3-6/h2-5,8,12H,10H2,1H3/t5-,8+/m0/s1. The van der Waals surface area contributed by atoms with Gasteiger partial charge in [0.15, 0.2) is 0 Å². The molecule has 0 saturated carbocycles.